The minimum Gasteiger partial charge on any atom is -0.469 e. The van der Waals surface area contributed by atoms with Crippen molar-refractivity contribution in [3.8, 4) is 0 Å². The van der Waals surface area contributed by atoms with Crippen molar-refractivity contribution >= 4 is 5.96 Å². The van der Waals surface area contributed by atoms with Crippen molar-refractivity contribution in [1.82, 2.24) is 10.6 Å². The molecule has 0 amide bonds. The summed E-state index contributed by atoms with van der Waals surface area (Å²) < 4.78 is 18.2. The van der Waals surface area contributed by atoms with Gasteiger partial charge in [-0.2, -0.15) is 0 Å². The lowest BCUT2D eigenvalue weighted by molar-refractivity contribution is 0.507. The van der Waals surface area contributed by atoms with Gasteiger partial charge in [-0.25, -0.2) is 9.38 Å². The lowest BCUT2D eigenvalue weighted by Crippen LogP contribution is -2.38. The van der Waals surface area contributed by atoms with Crippen LogP contribution in [0.3, 0.4) is 0 Å². The van der Waals surface area contributed by atoms with Gasteiger partial charge in [0, 0.05) is 19.5 Å². The van der Waals surface area contributed by atoms with Gasteiger partial charge in [-0.3, -0.25) is 0 Å². The smallest absolute Gasteiger partial charge is 0.191 e. The van der Waals surface area contributed by atoms with E-state index in [0.717, 1.165) is 17.7 Å². The highest BCUT2D eigenvalue weighted by atomic mass is 19.1. The molecule has 1 aromatic heterocycles. The number of rotatable bonds is 7. The largest absolute Gasteiger partial charge is 0.469 e. The maximum absolute atomic E-state index is 12.9. The van der Waals surface area contributed by atoms with Gasteiger partial charge in [0.05, 0.1) is 12.8 Å². The van der Waals surface area contributed by atoms with E-state index >= 15 is 0 Å². The van der Waals surface area contributed by atoms with Gasteiger partial charge in [0.15, 0.2) is 5.96 Å². The number of aliphatic imine (C=N–C) groups is 1. The van der Waals surface area contributed by atoms with Gasteiger partial charge < -0.3 is 15.1 Å². The Kier molecular flexibility index (Phi) is 6.23. The van der Waals surface area contributed by atoms with Crippen LogP contribution in [-0.2, 0) is 13.0 Å². The molecule has 0 spiro atoms. The van der Waals surface area contributed by atoms with E-state index in [9.17, 15) is 4.39 Å². The molecule has 1 aromatic carbocycles. The van der Waals surface area contributed by atoms with Crippen LogP contribution in [0.15, 0.2) is 64.7 Å². The summed E-state index contributed by atoms with van der Waals surface area (Å²) in [5.74, 6) is 1.37. The first-order valence-corrected chi connectivity index (χ1v) is 7.18. The van der Waals surface area contributed by atoms with E-state index in [0.29, 0.717) is 25.6 Å². The van der Waals surface area contributed by atoms with Crippen LogP contribution in [0, 0.1) is 5.82 Å². The SMILES string of the molecule is C=CCNC(=NCc1ccc(F)cc1)NCCc1ccco1. The number of nitrogens with zero attached hydrogens (tertiary/aromatic N) is 1. The average molecular weight is 301 g/mol. The summed E-state index contributed by atoms with van der Waals surface area (Å²) >= 11 is 0. The molecule has 1 heterocycles. The van der Waals surface area contributed by atoms with Crippen molar-refractivity contribution in [2.45, 2.75) is 13.0 Å². The molecule has 0 aliphatic rings. The van der Waals surface area contributed by atoms with Crippen LogP contribution in [0.25, 0.3) is 0 Å². The van der Waals surface area contributed by atoms with E-state index in [-0.39, 0.29) is 5.82 Å². The number of halogens is 1. The summed E-state index contributed by atoms with van der Waals surface area (Å²) in [6.45, 7) is 5.49. The monoisotopic (exact) mass is 301 g/mol. The predicted octanol–water partition coefficient (Wildman–Crippen LogP) is 2.88. The predicted molar refractivity (Wildman–Crippen MR) is 86.2 cm³/mol. The highest BCUT2D eigenvalue weighted by Gasteiger charge is 2.00. The molecule has 2 rings (SSSR count). The topological polar surface area (TPSA) is 49.6 Å². The Hall–Kier alpha value is -2.56. The highest BCUT2D eigenvalue weighted by Crippen LogP contribution is 2.04. The third kappa shape index (κ3) is 5.44. The second-order valence-corrected chi connectivity index (χ2v) is 4.72. The summed E-state index contributed by atoms with van der Waals surface area (Å²) in [7, 11) is 0. The molecule has 0 aliphatic heterocycles. The zero-order valence-corrected chi connectivity index (χ0v) is 12.4. The van der Waals surface area contributed by atoms with E-state index in [1.54, 1.807) is 24.5 Å². The molecule has 0 saturated heterocycles. The Bertz CT molecular complexity index is 591. The number of nitrogens with one attached hydrogen (secondary N) is 2. The van der Waals surface area contributed by atoms with E-state index < -0.39 is 0 Å². The molecule has 2 aromatic rings. The highest BCUT2D eigenvalue weighted by molar-refractivity contribution is 5.79. The van der Waals surface area contributed by atoms with E-state index in [2.05, 4.69) is 22.2 Å². The van der Waals surface area contributed by atoms with Gasteiger partial charge >= 0.3 is 0 Å². The summed E-state index contributed by atoms with van der Waals surface area (Å²) in [5.41, 5.74) is 0.951. The Morgan fingerprint density at radius 2 is 2.05 bits per heavy atom. The molecule has 4 nitrogen and oxygen atoms in total. The maximum Gasteiger partial charge on any atom is 0.191 e. The average Bonchev–Trinajstić information content (AvgIpc) is 3.04. The maximum atomic E-state index is 12.9. The first-order valence-electron chi connectivity index (χ1n) is 7.18. The fourth-order valence-corrected chi connectivity index (χ4v) is 1.86. The molecule has 0 atom stereocenters. The lowest BCUT2D eigenvalue weighted by Gasteiger charge is -2.10. The van der Waals surface area contributed by atoms with Gasteiger partial charge in [0.25, 0.3) is 0 Å². The van der Waals surface area contributed by atoms with Crippen molar-refractivity contribution in [3.63, 3.8) is 0 Å². The molecule has 0 radical (unpaired) electrons. The molecule has 0 saturated carbocycles. The molecular formula is C17H20FN3O. The van der Waals surface area contributed by atoms with Crippen LogP contribution < -0.4 is 10.6 Å². The number of guanidine groups is 1. The quantitative estimate of drug-likeness (QED) is 0.470. The lowest BCUT2D eigenvalue weighted by atomic mass is 10.2. The summed E-state index contributed by atoms with van der Waals surface area (Å²) in [6, 6.07) is 10.1. The normalized spacial score (nSPS) is 11.2. The number of hydrogen-bond donors (Lipinski definition) is 2. The molecule has 0 fully saturated rings. The first kappa shape index (κ1) is 15.8. The van der Waals surface area contributed by atoms with E-state index in [4.69, 9.17) is 4.42 Å². The van der Waals surface area contributed by atoms with Crippen LogP contribution in [0.5, 0.6) is 0 Å². The molecule has 0 aliphatic carbocycles. The molecule has 5 heteroatoms. The molecule has 2 N–H and O–H groups in total. The van der Waals surface area contributed by atoms with Crippen molar-refractivity contribution in [2.24, 2.45) is 4.99 Å². The summed E-state index contributed by atoms with van der Waals surface area (Å²) in [5, 5.41) is 6.38. The van der Waals surface area contributed by atoms with Gasteiger partial charge in [-0.05, 0) is 29.8 Å². The molecule has 0 unspecified atom stereocenters. The van der Waals surface area contributed by atoms with Crippen molar-refractivity contribution in [3.05, 3.63) is 72.5 Å². The Labute approximate surface area is 129 Å². The van der Waals surface area contributed by atoms with E-state index in [1.807, 2.05) is 12.1 Å². The summed E-state index contributed by atoms with van der Waals surface area (Å²) in [4.78, 5) is 4.47. The molecule has 22 heavy (non-hydrogen) atoms. The van der Waals surface area contributed by atoms with Crippen molar-refractivity contribution < 1.29 is 8.81 Å². The Morgan fingerprint density at radius 1 is 1.23 bits per heavy atom. The molecular weight excluding hydrogens is 281 g/mol. The Balaban J connectivity index is 1.87. The summed E-state index contributed by atoms with van der Waals surface area (Å²) in [6.07, 6.45) is 4.20. The zero-order chi connectivity index (χ0) is 15.6. The van der Waals surface area contributed by atoms with E-state index in [1.165, 1.54) is 12.1 Å². The van der Waals surface area contributed by atoms with Crippen LogP contribution in [0.1, 0.15) is 11.3 Å². The van der Waals surface area contributed by atoms with Crippen LogP contribution in [-0.4, -0.2) is 19.0 Å². The van der Waals surface area contributed by atoms with Crippen LogP contribution in [0.4, 0.5) is 4.39 Å². The number of benzene rings is 1. The number of hydrogen-bond acceptors (Lipinski definition) is 2. The fourth-order valence-electron chi connectivity index (χ4n) is 1.86. The molecule has 0 bridgehead atoms. The fraction of sp³-hybridized carbons (Fsp3) is 0.235. The standard InChI is InChI=1S/C17H20FN3O/c1-2-10-19-17(20-11-9-16-4-3-12-22-16)21-13-14-5-7-15(18)8-6-14/h2-8,12H,1,9-11,13H2,(H2,19,20,21). The third-order valence-corrected chi connectivity index (χ3v) is 2.99. The first-order chi connectivity index (χ1) is 10.8. The minimum absolute atomic E-state index is 0.241. The Morgan fingerprint density at radius 3 is 2.73 bits per heavy atom. The van der Waals surface area contributed by atoms with Crippen LogP contribution in [0.2, 0.25) is 0 Å². The number of furan rings is 1. The third-order valence-electron chi connectivity index (χ3n) is 2.99. The minimum atomic E-state index is -0.241. The molecule has 116 valence electrons. The van der Waals surface area contributed by atoms with Crippen LogP contribution >= 0.6 is 0 Å². The van der Waals surface area contributed by atoms with Crippen molar-refractivity contribution in [2.75, 3.05) is 13.1 Å². The van der Waals surface area contributed by atoms with Crippen molar-refractivity contribution in [1.29, 1.82) is 0 Å². The zero-order valence-electron chi connectivity index (χ0n) is 12.4. The second kappa shape index (κ2) is 8.67. The van der Waals surface area contributed by atoms with Gasteiger partial charge in [-0.15, -0.1) is 6.58 Å². The van der Waals surface area contributed by atoms with Gasteiger partial charge in [0.2, 0.25) is 0 Å². The second-order valence-electron chi connectivity index (χ2n) is 4.72. The van der Waals surface area contributed by atoms with Gasteiger partial charge in [-0.1, -0.05) is 18.2 Å². The van der Waals surface area contributed by atoms with Gasteiger partial charge in [0.1, 0.15) is 11.6 Å².